The molecular weight excluding hydrogens is 797 g/mol. The Morgan fingerprint density at radius 3 is 1.91 bits per heavy atom. The lowest BCUT2D eigenvalue weighted by atomic mass is 9.93. The van der Waals surface area contributed by atoms with Crippen LogP contribution in [0.25, 0.3) is 27.8 Å². The van der Waals surface area contributed by atoms with E-state index in [9.17, 15) is 0 Å². The quantitative estimate of drug-likeness (QED) is 0.133. The SMILES string of the molecule is C=C/C(=C\C(=C)c1ccccc1)c1ccc(C)cc1.C=C/C=C\C(=C/C)N1/C=C(C2=CCC(Nc3ccc(-c4ccccc4C)c(C)c3)C=C2)\C=C/C(=C)c2ccccc21.CC.CC.CC. The number of hydrogen-bond donors (Lipinski definition) is 1. The van der Waals surface area contributed by atoms with Crippen molar-refractivity contribution in [3.63, 3.8) is 0 Å². The number of fused-ring (bicyclic) bond motifs is 1. The van der Waals surface area contributed by atoms with Crippen LogP contribution in [0.15, 0.2) is 238 Å². The molecule has 5 aromatic rings. The van der Waals surface area contributed by atoms with E-state index in [1.54, 1.807) is 6.08 Å². The van der Waals surface area contributed by atoms with Gasteiger partial charge in [-0.15, -0.1) is 0 Å². The highest BCUT2D eigenvalue weighted by Gasteiger charge is 2.18. The molecule has 1 aliphatic heterocycles. The van der Waals surface area contributed by atoms with Gasteiger partial charge in [-0.05, 0) is 126 Å². The second-order valence-corrected chi connectivity index (χ2v) is 15.0. The normalized spacial score (nSPS) is 15.3. The molecule has 7 rings (SSSR count). The number of benzene rings is 5. The van der Waals surface area contributed by atoms with E-state index in [1.165, 1.54) is 33.4 Å². The van der Waals surface area contributed by atoms with Crippen LogP contribution in [0.3, 0.4) is 0 Å². The summed E-state index contributed by atoms with van der Waals surface area (Å²) < 4.78 is 0. The van der Waals surface area contributed by atoms with E-state index in [0.29, 0.717) is 0 Å². The number of anilines is 2. The lowest BCUT2D eigenvalue weighted by Gasteiger charge is -2.28. The summed E-state index contributed by atoms with van der Waals surface area (Å²) in [6.07, 6.45) is 26.2. The molecule has 1 heterocycles. The van der Waals surface area contributed by atoms with E-state index < -0.39 is 0 Å². The van der Waals surface area contributed by atoms with Crippen molar-refractivity contribution in [1.29, 1.82) is 0 Å². The average Bonchev–Trinajstić information content (AvgIpc) is 3.36. The van der Waals surface area contributed by atoms with Crippen molar-refractivity contribution in [2.45, 2.75) is 81.7 Å². The number of rotatable bonds is 11. The second kappa shape index (κ2) is 28.6. The Balaban J connectivity index is 0.000000386. The number of hydrogen-bond acceptors (Lipinski definition) is 2. The monoisotopic (exact) mass is 871 g/mol. The van der Waals surface area contributed by atoms with Crippen LogP contribution in [0, 0.1) is 20.8 Å². The van der Waals surface area contributed by atoms with Crippen molar-refractivity contribution >= 4 is 28.1 Å². The van der Waals surface area contributed by atoms with Crippen LogP contribution in [0.1, 0.15) is 88.3 Å². The first-order chi connectivity index (χ1) is 32.2. The highest BCUT2D eigenvalue weighted by Crippen LogP contribution is 2.35. The van der Waals surface area contributed by atoms with Gasteiger partial charge in [-0.1, -0.05) is 231 Å². The predicted molar refractivity (Wildman–Crippen MR) is 298 cm³/mol. The summed E-state index contributed by atoms with van der Waals surface area (Å²) in [4.78, 5) is 2.25. The topological polar surface area (TPSA) is 15.3 Å². The van der Waals surface area contributed by atoms with Gasteiger partial charge >= 0.3 is 0 Å². The first kappa shape index (κ1) is 53.2. The molecule has 2 aliphatic rings. The molecule has 0 aromatic heterocycles. The van der Waals surface area contributed by atoms with E-state index in [1.807, 2.05) is 71.9 Å². The number of nitrogens with zero attached hydrogens (tertiary/aromatic N) is 1. The van der Waals surface area contributed by atoms with Crippen LogP contribution < -0.4 is 10.2 Å². The second-order valence-electron chi connectivity index (χ2n) is 15.0. The third-order valence-corrected chi connectivity index (χ3v) is 10.7. The fourth-order valence-electron chi connectivity index (χ4n) is 7.37. The lowest BCUT2D eigenvalue weighted by molar-refractivity contribution is 0.875. The van der Waals surface area contributed by atoms with E-state index >= 15 is 0 Å². The standard InChI is InChI=1S/C39H38N2.C19H18.3C2H6/c1-6-8-14-35(7-2)41-27-32(19-18-29(4)38-16-11-12-17-39(38)41)31-20-22-33(23-21-31)40-34-24-25-37(30(5)26-34)36-15-10-9-13-28(36)3;1-4-17(19-12-10-15(2)11-13-19)14-16(3)18-8-6-5-7-9-18;3*1-2/h6-22,24-27,33,40H,1,4,23H2,2-3,5H3;4-14H,1,3H2,2H3;3*1-2H3/b14-8-,19-18-,32-27+,35-7+;17-14+;;;. The molecule has 0 bridgehead atoms. The van der Waals surface area contributed by atoms with E-state index in [-0.39, 0.29) is 6.04 Å². The Labute approximate surface area is 400 Å². The smallest absolute Gasteiger partial charge is 0.0533 e. The summed E-state index contributed by atoms with van der Waals surface area (Å²) in [5.74, 6) is 0. The van der Waals surface area contributed by atoms with E-state index in [0.717, 1.165) is 62.5 Å². The van der Waals surface area contributed by atoms with Gasteiger partial charge in [0.05, 0.1) is 5.69 Å². The van der Waals surface area contributed by atoms with Crippen molar-refractivity contribution in [2.75, 3.05) is 10.2 Å². The molecule has 0 fully saturated rings. The van der Waals surface area contributed by atoms with Crippen LogP contribution in [-0.2, 0) is 0 Å². The summed E-state index contributed by atoms with van der Waals surface area (Å²) in [6.45, 7) is 36.8. The fraction of sp³-hybridized carbons (Fsp3) is 0.188. The largest absolute Gasteiger partial charge is 0.379 e. The Kier molecular flexibility index (Phi) is 23.0. The lowest BCUT2D eigenvalue weighted by Crippen LogP contribution is -2.19. The predicted octanol–water partition coefficient (Wildman–Crippen LogP) is 18.6. The zero-order chi connectivity index (χ0) is 48.4. The zero-order valence-corrected chi connectivity index (χ0v) is 41.5. The maximum Gasteiger partial charge on any atom is 0.0533 e. The minimum atomic E-state index is 0.231. The Hall–Kier alpha value is -7.16. The Bertz CT molecular complexity index is 2580. The van der Waals surface area contributed by atoms with Crippen molar-refractivity contribution in [3.05, 3.63) is 271 Å². The third-order valence-electron chi connectivity index (χ3n) is 10.7. The van der Waals surface area contributed by atoms with Gasteiger partial charge in [0.25, 0.3) is 0 Å². The molecule has 1 aliphatic carbocycles. The number of para-hydroxylation sites is 1. The molecular formula is C64H74N2. The van der Waals surface area contributed by atoms with Gasteiger partial charge in [-0.3, -0.25) is 0 Å². The van der Waals surface area contributed by atoms with Gasteiger partial charge < -0.3 is 10.2 Å². The summed E-state index contributed by atoms with van der Waals surface area (Å²) in [6, 6.07) is 42.5. The average molecular weight is 871 g/mol. The minimum absolute atomic E-state index is 0.231. The maximum absolute atomic E-state index is 4.37. The molecule has 0 radical (unpaired) electrons. The molecule has 1 unspecified atom stereocenters. The van der Waals surface area contributed by atoms with Crippen molar-refractivity contribution < 1.29 is 0 Å². The summed E-state index contributed by atoms with van der Waals surface area (Å²) in [5.41, 5.74) is 18.6. The molecule has 2 nitrogen and oxygen atoms in total. The number of aryl methyl sites for hydroxylation is 3. The van der Waals surface area contributed by atoms with Crippen LogP contribution in [0.4, 0.5) is 11.4 Å². The van der Waals surface area contributed by atoms with Crippen LogP contribution in [0.5, 0.6) is 0 Å². The van der Waals surface area contributed by atoms with Crippen LogP contribution in [-0.4, -0.2) is 6.04 Å². The molecule has 0 saturated carbocycles. The van der Waals surface area contributed by atoms with Gasteiger partial charge in [0.2, 0.25) is 0 Å². The number of nitrogens with one attached hydrogen (secondary N) is 1. The van der Waals surface area contributed by atoms with E-state index in [2.05, 4.69) is 222 Å². The van der Waals surface area contributed by atoms with Gasteiger partial charge in [-0.25, -0.2) is 0 Å². The third kappa shape index (κ3) is 15.0. The van der Waals surface area contributed by atoms with Gasteiger partial charge in [0.15, 0.2) is 0 Å². The first-order valence-corrected chi connectivity index (χ1v) is 23.6. The molecule has 1 N–H and O–H groups in total. The molecule has 2 heteroatoms. The first-order valence-electron chi connectivity index (χ1n) is 23.6. The van der Waals surface area contributed by atoms with Crippen molar-refractivity contribution in [3.8, 4) is 11.1 Å². The van der Waals surface area contributed by atoms with Crippen LogP contribution in [0.2, 0.25) is 0 Å². The Morgan fingerprint density at radius 2 is 1.30 bits per heavy atom. The van der Waals surface area contributed by atoms with Crippen molar-refractivity contribution in [2.24, 2.45) is 0 Å². The molecule has 5 aromatic carbocycles. The fourth-order valence-corrected chi connectivity index (χ4v) is 7.37. The zero-order valence-electron chi connectivity index (χ0n) is 41.5. The molecule has 0 amide bonds. The molecule has 0 spiro atoms. The maximum atomic E-state index is 4.37. The summed E-state index contributed by atoms with van der Waals surface area (Å²) in [7, 11) is 0. The molecule has 66 heavy (non-hydrogen) atoms. The van der Waals surface area contributed by atoms with Gasteiger partial charge in [0.1, 0.15) is 0 Å². The molecule has 1 atom stereocenters. The van der Waals surface area contributed by atoms with E-state index in [4.69, 9.17) is 0 Å². The summed E-state index contributed by atoms with van der Waals surface area (Å²) in [5, 5.41) is 3.72. The molecule has 340 valence electrons. The highest BCUT2D eigenvalue weighted by atomic mass is 15.1. The van der Waals surface area contributed by atoms with Crippen molar-refractivity contribution in [1.82, 2.24) is 0 Å². The highest BCUT2D eigenvalue weighted by molar-refractivity contribution is 5.87. The Morgan fingerprint density at radius 1 is 0.667 bits per heavy atom. The van der Waals surface area contributed by atoms with Gasteiger partial charge in [0, 0.05) is 29.2 Å². The summed E-state index contributed by atoms with van der Waals surface area (Å²) >= 11 is 0. The van der Waals surface area contributed by atoms with Crippen LogP contribution >= 0.6 is 0 Å². The minimum Gasteiger partial charge on any atom is -0.379 e. The van der Waals surface area contributed by atoms with Gasteiger partial charge in [-0.2, -0.15) is 0 Å². The number of allylic oxidation sites excluding steroid dienone is 14. The molecule has 0 saturated heterocycles.